The molecule has 0 radical (unpaired) electrons. The number of carbonyl (C=O) groups excluding carboxylic acids is 1. The monoisotopic (exact) mass is 324 g/mol. The third kappa shape index (κ3) is 2.60. The third-order valence-electron chi connectivity index (χ3n) is 3.99. The first-order valence-electron chi connectivity index (χ1n) is 7.53. The Labute approximate surface area is 137 Å². The summed E-state index contributed by atoms with van der Waals surface area (Å²) in [6.07, 6.45) is 0. The molecule has 0 amide bonds. The molecule has 3 rings (SSSR count). The molecule has 7 heteroatoms. The molecule has 24 heavy (non-hydrogen) atoms. The highest BCUT2D eigenvalue weighted by Gasteiger charge is 2.14. The van der Waals surface area contributed by atoms with E-state index in [-0.39, 0.29) is 23.6 Å². The minimum absolute atomic E-state index is 0.0180. The predicted octanol–water partition coefficient (Wildman–Crippen LogP) is 2.73. The number of rotatable bonds is 5. The van der Waals surface area contributed by atoms with Crippen molar-refractivity contribution < 1.29 is 9.72 Å². The molecule has 0 aliphatic rings. The van der Waals surface area contributed by atoms with Crippen molar-refractivity contribution >= 4 is 22.5 Å². The second-order valence-electron chi connectivity index (χ2n) is 5.37. The number of nitrogens with one attached hydrogen (secondary N) is 1. The lowest BCUT2D eigenvalue weighted by Crippen LogP contribution is -2.27. The number of benzene rings is 2. The number of Topliss-reactive ketones (excluding diaryl/α,β-unsaturated/α-hetero) is 1. The van der Waals surface area contributed by atoms with Gasteiger partial charge in [0.15, 0.2) is 5.78 Å². The molecule has 0 bridgehead atoms. The number of hydrogen-bond donors (Lipinski definition) is 1. The summed E-state index contributed by atoms with van der Waals surface area (Å²) in [4.78, 5) is 22.7. The predicted molar refractivity (Wildman–Crippen MR) is 88.9 cm³/mol. The Bertz CT molecular complexity index is 983. The van der Waals surface area contributed by atoms with Gasteiger partial charge in [-0.05, 0) is 31.2 Å². The van der Waals surface area contributed by atoms with Gasteiger partial charge in [-0.3, -0.25) is 20.3 Å². The number of nitro benzene ring substituents is 1. The average Bonchev–Trinajstić information content (AvgIpc) is 2.86. The number of fused-ring (bicyclic) bond motifs is 1. The van der Waals surface area contributed by atoms with Gasteiger partial charge in [0.1, 0.15) is 0 Å². The van der Waals surface area contributed by atoms with Crippen molar-refractivity contribution in [1.82, 2.24) is 9.13 Å². The summed E-state index contributed by atoms with van der Waals surface area (Å²) in [5.41, 5.74) is 2.32. The van der Waals surface area contributed by atoms with Gasteiger partial charge in [-0.25, -0.2) is 0 Å². The molecule has 2 aromatic carbocycles. The van der Waals surface area contributed by atoms with E-state index in [0.29, 0.717) is 12.1 Å². The summed E-state index contributed by atoms with van der Waals surface area (Å²) in [5.74, 6) is -0.192. The summed E-state index contributed by atoms with van der Waals surface area (Å²) in [6.45, 7) is 2.61. The van der Waals surface area contributed by atoms with Crippen molar-refractivity contribution in [3.8, 4) is 0 Å². The van der Waals surface area contributed by atoms with E-state index in [4.69, 9.17) is 5.41 Å². The second kappa shape index (κ2) is 6.11. The van der Waals surface area contributed by atoms with Gasteiger partial charge in [-0.1, -0.05) is 12.1 Å². The Balaban J connectivity index is 1.98. The summed E-state index contributed by atoms with van der Waals surface area (Å²) < 4.78 is 3.49. The highest BCUT2D eigenvalue weighted by molar-refractivity contribution is 5.96. The number of aromatic nitrogens is 2. The molecule has 0 aliphatic heterocycles. The van der Waals surface area contributed by atoms with Gasteiger partial charge < -0.3 is 9.13 Å². The molecule has 122 valence electrons. The average molecular weight is 324 g/mol. The van der Waals surface area contributed by atoms with Gasteiger partial charge >= 0.3 is 0 Å². The molecule has 0 spiro atoms. The smallest absolute Gasteiger partial charge is 0.269 e. The molecule has 7 nitrogen and oxygen atoms in total. The second-order valence-corrected chi connectivity index (χ2v) is 5.37. The fraction of sp³-hybridized carbons (Fsp3) is 0.176. The van der Waals surface area contributed by atoms with Gasteiger partial charge in [-0.2, -0.15) is 0 Å². The van der Waals surface area contributed by atoms with E-state index in [1.165, 1.54) is 24.3 Å². The van der Waals surface area contributed by atoms with Crippen molar-refractivity contribution in [2.24, 2.45) is 0 Å². The van der Waals surface area contributed by atoms with Crippen LogP contribution in [0.3, 0.4) is 0 Å². The Kier molecular flexibility index (Phi) is 3.99. The Morgan fingerprint density at radius 1 is 1.08 bits per heavy atom. The van der Waals surface area contributed by atoms with Crippen molar-refractivity contribution in [2.75, 3.05) is 0 Å². The SMILES string of the molecule is CCn1c(=N)n(CC(=O)c2ccc([N+](=O)[O-])cc2)c2ccccc21. The van der Waals surface area contributed by atoms with Crippen LogP contribution < -0.4 is 5.62 Å². The normalized spacial score (nSPS) is 10.9. The summed E-state index contributed by atoms with van der Waals surface area (Å²) in [7, 11) is 0. The van der Waals surface area contributed by atoms with Crippen LogP contribution >= 0.6 is 0 Å². The minimum Gasteiger partial charge on any atom is -0.311 e. The fourth-order valence-electron chi connectivity index (χ4n) is 2.78. The lowest BCUT2D eigenvalue weighted by molar-refractivity contribution is -0.384. The molecule has 0 unspecified atom stereocenters. The first kappa shape index (κ1) is 15.7. The number of aryl methyl sites for hydroxylation is 1. The van der Waals surface area contributed by atoms with E-state index in [2.05, 4.69) is 0 Å². The standard InChI is InChI=1S/C17H16N4O3/c1-2-19-14-5-3-4-6-15(14)20(17(19)18)11-16(22)12-7-9-13(10-8-12)21(23)24/h3-10,18H,2,11H2,1H3. The molecule has 1 heterocycles. The highest BCUT2D eigenvalue weighted by Crippen LogP contribution is 2.15. The molecular formula is C17H16N4O3. The number of nitro groups is 1. The van der Waals surface area contributed by atoms with Crippen LogP contribution in [0.1, 0.15) is 17.3 Å². The van der Waals surface area contributed by atoms with Crippen LogP contribution in [0.4, 0.5) is 5.69 Å². The van der Waals surface area contributed by atoms with Crippen LogP contribution in [-0.4, -0.2) is 19.8 Å². The number of non-ortho nitro benzene ring substituents is 1. The summed E-state index contributed by atoms with van der Waals surface area (Å²) in [6, 6.07) is 13.1. The van der Waals surface area contributed by atoms with E-state index in [0.717, 1.165) is 11.0 Å². The van der Waals surface area contributed by atoms with Gasteiger partial charge in [0.2, 0.25) is 5.62 Å². The number of ketones is 1. The zero-order valence-electron chi connectivity index (χ0n) is 13.1. The van der Waals surface area contributed by atoms with Crippen LogP contribution in [0, 0.1) is 15.5 Å². The molecular weight excluding hydrogens is 308 g/mol. The minimum atomic E-state index is -0.500. The van der Waals surface area contributed by atoms with Crippen LogP contribution in [0.25, 0.3) is 11.0 Å². The maximum atomic E-state index is 12.5. The number of imidazole rings is 1. The fourth-order valence-corrected chi connectivity index (χ4v) is 2.78. The third-order valence-corrected chi connectivity index (χ3v) is 3.99. The lowest BCUT2D eigenvalue weighted by atomic mass is 10.1. The van der Waals surface area contributed by atoms with Crippen LogP contribution in [0.2, 0.25) is 0 Å². The molecule has 0 saturated heterocycles. The molecule has 0 atom stereocenters. The maximum Gasteiger partial charge on any atom is 0.269 e. The van der Waals surface area contributed by atoms with Crippen LogP contribution in [0.5, 0.6) is 0 Å². The van der Waals surface area contributed by atoms with E-state index < -0.39 is 4.92 Å². The maximum absolute atomic E-state index is 12.5. The van der Waals surface area contributed by atoms with E-state index in [1.54, 1.807) is 4.57 Å². The largest absolute Gasteiger partial charge is 0.311 e. The molecule has 3 aromatic rings. The number of para-hydroxylation sites is 2. The first-order valence-corrected chi connectivity index (χ1v) is 7.53. The van der Waals surface area contributed by atoms with Crippen LogP contribution in [-0.2, 0) is 13.1 Å². The topological polar surface area (TPSA) is 93.9 Å². The van der Waals surface area contributed by atoms with Crippen molar-refractivity contribution in [2.45, 2.75) is 20.0 Å². The van der Waals surface area contributed by atoms with Gasteiger partial charge in [0.05, 0.1) is 22.5 Å². The van der Waals surface area contributed by atoms with Crippen LogP contribution in [0.15, 0.2) is 48.5 Å². The van der Waals surface area contributed by atoms with Gasteiger partial charge in [-0.15, -0.1) is 0 Å². The van der Waals surface area contributed by atoms with Crippen molar-refractivity contribution in [3.05, 3.63) is 69.8 Å². The molecule has 1 aromatic heterocycles. The number of nitrogens with zero attached hydrogens (tertiary/aromatic N) is 3. The molecule has 0 saturated carbocycles. The molecule has 1 N–H and O–H groups in total. The van der Waals surface area contributed by atoms with Gasteiger partial charge in [0, 0.05) is 24.2 Å². The number of hydrogen-bond acceptors (Lipinski definition) is 4. The zero-order chi connectivity index (χ0) is 17.3. The zero-order valence-corrected chi connectivity index (χ0v) is 13.1. The van der Waals surface area contributed by atoms with E-state index in [9.17, 15) is 14.9 Å². The van der Waals surface area contributed by atoms with E-state index >= 15 is 0 Å². The lowest BCUT2D eigenvalue weighted by Gasteiger charge is -2.04. The Hall–Kier alpha value is -3.22. The first-order chi connectivity index (χ1) is 11.5. The Morgan fingerprint density at radius 3 is 2.21 bits per heavy atom. The summed E-state index contributed by atoms with van der Waals surface area (Å²) in [5, 5.41) is 19.0. The summed E-state index contributed by atoms with van der Waals surface area (Å²) >= 11 is 0. The number of carbonyl (C=O) groups is 1. The quantitative estimate of drug-likeness (QED) is 0.444. The van der Waals surface area contributed by atoms with Gasteiger partial charge in [0.25, 0.3) is 5.69 Å². The van der Waals surface area contributed by atoms with Crippen molar-refractivity contribution in [1.29, 1.82) is 5.41 Å². The highest BCUT2D eigenvalue weighted by atomic mass is 16.6. The molecule has 0 fully saturated rings. The van der Waals surface area contributed by atoms with Crippen molar-refractivity contribution in [3.63, 3.8) is 0 Å². The Morgan fingerprint density at radius 2 is 1.67 bits per heavy atom. The molecule has 0 aliphatic carbocycles. The van der Waals surface area contributed by atoms with E-state index in [1.807, 2.05) is 35.8 Å².